The van der Waals surface area contributed by atoms with Gasteiger partial charge in [-0.15, -0.1) is 0 Å². The van der Waals surface area contributed by atoms with E-state index in [0.717, 1.165) is 44.9 Å². The number of nitriles is 2. The van der Waals surface area contributed by atoms with Crippen LogP contribution in [0.3, 0.4) is 0 Å². The van der Waals surface area contributed by atoms with Crippen molar-refractivity contribution in [3.8, 4) is 12.1 Å². The number of anilines is 1. The maximum atomic E-state index is 13.6. The van der Waals surface area contributed by atoms with E-state index in [9.17, 15) is 10.1 Å². The van der Waals surface area contributed by atoms with E-state index in [1.807, 2.05) is 17.0 Å². The zero-order valence-electron chi connectivity index (χ0n) is 18.1. The number of benzene rings is 1. The van der Waals surface area contributed by atoms with Crippen molar-refractivity contribution in [3.05, 3.63) is 54.1 Å². The fourth-order valence-electron chi connectivity index (χ4n) is 5.60. The highest BCUT2D eigenvalue weighted by Gasteiger charge is 2.54. The van der Waals surface area contributed by atoms with E-state index in [2.05, 4.69) is 40.3 Å². The van der Waals surface area contributed by atoms with Crippen LogP contribution in [0.25, 0.3) is 0 Å². The first-order valence-electron chi connectivity index (χ1n) is 11.4. The first kappa shape index (κ1) is 20.5. The van der Waals surface area contributed by atoms with Gasteiger partial charge in [0.1, 0.15) is 6.07 Å². The summed E-state index contributed by atoms with van der Waals surface area (Å²) in [4.78, 5) is 25.5. The van der Waals surface area contributed by atoms with E-state index in [1.54, 1.807) is 17.3 Å². The Bertz CT molecular complexity index is 1070. The third-order valence-corrected chi connectivity index (χ3v) is 7.73. The van der Waals surface area contributed by atoms with Gasteiger partial charge in [0, 0.05) is 6.54 Å². The molecule has 2 heterocycles. The Morgan fingerprint density at radius 2 is 1.72 bits per heavy atom. The average Bonchev–Trinajstić information content (AvgIpc) is 3.08. The third-order valence-electron chi connectivity index (χ3n) is 7.73. The van der Waals surface area contributed by atoms with Gasteiger partial charge in [-0.05, 0) is 50.0 Å². The second-order valence-corrected chi connectivity index (χ2v) is 9.49. The van der Waals surface area contributed by atoms with Crippen LogP contribution in [0, 0.1) is 28.1 Å². The summed E-state index contributed by atoms with van der Waals surface area (Å²) in [7, 11) is 0. The minimum absolute atomic E-state index is 0.0713. The van der Waals surface area contributed by atoms with E-state index in [1.165, 1.54) is 5.56 Å². The molecular formula is C25H26N6O. The number of nitrogens with zero attached hydrogens (tertiary/aromatic N) is 6. The van der Waals surface area contributed by atoms with E-state index in [0.29, 0.717) is 24.7 Å². The molecule has 1 aromatic heterocycles. The van der Waals surface area contributed by atoms with E-state index < -0.39 is 5.41 Å². The Hall–Kier alpha value is -3.45. The van der Waals surface area contributed by atoms with E-state index in [-0.39, 0.29) is 17.4 Å². The van der Waals surface area contributed by atoms with Crippen LogP contribution < -0.4 is 4.90 Å². The maximum absolute atomic E-state index is 13.6. The van der Waals surface area contributed by atoms with Crippen molar-refractivity contribution in [1.29, 1.82) is 10.5 Å². The first-order valence-corrected chi connectivity index (χ1v) is 11.4. The lowest BCUT2D eigenvalue weighted by Gasteiger charge is -2.47. The van der Waals surface area contributed by atoms with Gasteiger partial charge in [-0.2, -0.15) is 10.5 Å². The summed E-state index contributed by atoms with van der Waals surface area (Å²) >= 11 is 0. The molecule has 32 heavy (non-hydrogen) atoms. The first-order chi connectivity index (χ1) is 15.6. The predicted octanol–water partition coefficient (Wildman–Crippen LogP) is 4.38. The molecular weight excluding hydrogens is 400 g/mol. The lowest BCUT2D eigenvalue weighted by atomic mass is 9.68. The van der Waals surface area contributed by atoms with E-state index >= 15 is 0 Å². The molecule has 1 aliphatic heterocycles. The summed E-state index contributed by atoms with van der Waals surface area (Å²) in [5.74, 6) is 0.591. The van der Waals surface area contributed by atoms with Crippen molar-refractivity contribution in [3.63, 3.8) is 0 Å². The summed E-state index contributed by atoms with van der Waals surface area (Å²) in [5, 5.41) is 18.8. The zero-order chi connectivity index (χ0) is 22.2. The van der Waals surface area contributed by atoms with Gasteiger partial charge in [0.05, 0.1) is 41.6 Å². The Balaban J connectivity index is 1.43. The summed E-state index contributed by atoms with van der Waals surface area (Å²) < 4.78 is 0. The molecule has 7 nitrogen and oxygen atoms in total. The van der Waals surface area contributed by atoms with Crippen LogP contribution in [0.5, 0.6) is 0 Å². The molecule has 0 bridgehead atoms. The van der Waals surface area contributed by atoms with Crippen molar-refractivity contribution in [2.24, 2.45) is 5.41 Å². The topological polar surface area (TPSA) is 96.9 Å². The molecule has 2 saturated carbocycles. The van der Waals surface area contributed by atoms with Crippen LogP contribution in [0.4, 0.5) is 10.5 Å². The number of carbonyl (C=O) groups is 1. The molecule has 5 rings (SSSR count). The minimum Gasteiger partial charge on any atom is -0.315 e. The highest BCUT2D eigenvalue weighted by Crippen LogP contribution is 2.49. The summed E-state index contributed by atoms with van der Waals surface area (Å²) in [6.07, 6.45) is 9.73. The standard InChI is InChI=1S/C25H26N6O/c26-13-22-28-14-21(15-29-22)30-18-25(31(23(30)32)17-24(16-27)9-4-10-24)11-7-20(8-12-25)19-5-2-1-3-6-19/h1-3,5-6,14-15,20H,4,7-12,17-18H2. The van der Waals surface area contributed by atoms with Crippen molar-refractivity contribution in [1.82, 2.24) is 14.9 Å². The Morgan fingerprint density at radius 1 is 1.03 bits per heavy atom. The molecule has 3 aliphatic rings. The van der Waals surface area contributed by atoms with E-state index in [4.69, 9.17) is 5.26 Å². The molecule has 0 unspecified atom stereocenters. The summed E-state index contributed by atoms with van der Waals surface area (Å²) in [5.41, 5.74) is 1.27. The maximum Gasteiger partial charge on any atom is 0.325 e. The normalized spacial score (nSPS) is 26.4. The fourth-order valence-corrected chi connectivity index (χ4v) is 5.60. The molecule has 1 saturated heterocycles. The molecule has 162 valence electrons. The summed E-state index contributed by atoms with van der Waals surface area (Å²) in [6.45, 7) is 1.07. The van der Waals surface area contributed by atoms with Crippen molar-refractivity contribution in [2.75, 3.05) is 18.0 Å². The largest absolute Gasteiger partial charge is 0.325 e. The Morgan fingerprint density at radius 3 is 2.28 bits per heavy atom. The van der Waals surface area contributed by atoms with Gasteiger partial charge < -0.3 is 4.90 Å². The number of rotatable bonds is 4. The van der Waals surface area contributed by atoms with Gasteiger partial charge in [0.2, 0.25) is 5.82 Å². The monoisotopic (exact) mass is 426 g/mol. The zero-order valence-corrected chi connectivity index (χ0v) is 18.1. The highest BCUT2D eigenvalue weighted by molar-refractivity contribution is 5.95. The molecule has 1 aromatic carbocycles. The van der Waals surface area contributed by atoms with Gasteiger partial charge in [-0.3, -0.25) is 4.90 Å². The predicted molar refractivity (Wildman–Crippen MR) is 118 cm³/mol. The number of aromatic nitrogens is 2. The van der Waals surface area contributed by atoms with Crippen LogP contribution in [-0.4, -0.2) is 39.5 Å². The molecule has 0 atom stereocenters. The van der Waals surface area contributed by atoms with Crippen LogP contribution in [-0.2, 0) is 0 Å². The minimum atomic E-state index is -0.421. The second kappa shape index (κ2) is 7.91. The molecule has 3 fully saturated rings. The second-order valence-electron chi connectivity index (χ2n) is 9.49. The SMILES string of the molecule is N#Cc1ncc(N2CC3(CCC(c4ccccc4)CC3)N(CC3(C#N)CCC3)C2=O)cn1. The average molecular weight is 427 g/mol. The summed E-state index contributed by atoms with van der Waals surface area (Å²) in [6, 6.07) is 15.0. The number of hydrogen-bond donors (Lipinski definition) is 0. The molecule has 2 aliphatic carbocycles. The smallest absolute Gasteiger partial charge is 0.315 e. The lowest BCUT2D eigenvalue weighted by molar-refractivity contribution is 0.0594. The van der Waals surface area contributed by atoms with Crippen LogP contribution in [0.1, 0.15) is 62.3 Å². The Labute approximate surface area is 188 Å². The molecule has 7 heteroatoms. The number of urea groups is 1. The fraction of sp³-hybridized carbons (Fsp3) is 0.480. The number of hydrogen-bond acceptors (Lipinski definition) is 5. The van der Waals surface area contributed by atoms with Crippen molar-refractivity contribution in [2.45, 2.75) is 56.4 Å². The van der Waals surface area contributed by atoms with Gasteiger partial charge in [-0.1, -0.05) is 36.8 Å². The molecule has 1 spiro atoms. The molecule has 0 radical (unpaired) electrons. The highest BCUT2D eigenvalue weighted by atomic mass is 16.2. The Kier molecular flexibility index (Phi) is 5.06. The number of amides is 2. The van der Waals surface area contributed by atoms with Crippen molar-refractivity contribution >= 4 is 11.7 Å². The van der Waals surface area contributed by atoms with Crippen molar-refractivity contribution < 1.29 is 4.79 Å². The van der Waals surface area contributed by atoms with Crippen LogP contribution in [0.15, 0.2) is 42.7 Å². The van der Waals surface area contributed by atoms with Crippen LogP contribution in [0.2, 0.25) is 0 Å². The third kappa shape index (κ3) is 3.39. The van der Waals surface area contributed by atoms with Gasteiger partial charge in [0.15, 0.2) is 0 Å². The quantitative estimate of drug-likeness (QED) is 0.723. The van der Waals surface area contributed by atoms with Gasteiger partial charge in [0.25, 0.3) is 0 Å². The molecule has 2 aromatic rings. The molecule has 2 amide bonds. The number of carbonyl (C=O) groups excluding carboxylic acids is 1. The molecule has 0 N–H and O–H groups in total. The van der Waals surface area contributed by atoms with Gasteiger partial charge >= 0.3 is 6.03 Å². The lowest BCUT2D eigenvalue weighted by Crippen LogP contribution is -2.54. The van der Waals surface area contributed by atoms with Gasteiger partial charge in [-0.25, -0.2) is 14.8 Å². The van der Waals surface area contributed by atoms with Crippen LogP contribution >= 0.6 is 0 Å².